The van der Waals surface area contributed by atoms with Crippen molar-refractivity contribution in [2.24, 2.45) is 5.73 Å². The average molecular weight is 353 g/mol. The van der Waals surface area contributed by atoms with Gasteiger partial charge < -0.3 is 11.1 Å². The van der Waals surface area contributed by atoms with Crippen LogP contribution in [-0.2, 0) is 10.2 Å². The molecule has 0 radical (unpaired) electrons. The molecule has 1 atom stereocenters. The largest absolute Gasteiger partial charge is 0.353 e. The van der Waals surface area contributed by atoms with Crippen LogP contribution in [0.4, 0.5) is 0 Å². The highest BCUT2D eigenvalue weighted by molar-refractivity contribution is 6.31. The number of nitrogens with one attached hydrogen (secondary N) is 1. The fourth-order valence-corrected chi connectivity index (χ4v) is 2.70. The van der Waals surface area contributed by atoms with E-state index in [9.17, 15) is 4.79 Å². The molecular formula is C18H22Cl2N2O. The van der Waals surface area contributed by atoms with E-state index in [1.54, 1.807) is 6.07 Å². The van der Waals surface area contributed by atoms with Crippen LogP contribution in [0, 0.1) is 0 Å². The summed E-state index contributed by atoms with van der Waals surface area (Å²) in [6.07, 6.45) is 0. The summed E-state index contributed by atoms with van der Waals surface area (Å²) in [6, 6.07) is 16.9. The molecule has 1 amide bonds. The number of carbonyl (C=O) groups excluding carboxylic acids is 1. The highest BCUT2D eigenvalue weighted by atomic mass is 35.5. The number of nitrogens with two attached hydrogens (primary N) is 1. The molecule has 23 heavy (non-hydrogen) atoms. The maximum Gasteiger partial charge on any atom is 0.230 e. The Bertz CT molecular complexity index is 644. The average Bonchev–Trinajstić information content (AvgIpc) is 2.53. The van der Waals surface area contributed by atoms with Crippen molar-refractivity contribution < 1.29 is 4.79 Å². The van der Waals surface area contributed by atoms with Crippen molar-refractivity contribution in [1.29, 1.82) is 0 Å². The van der Waals surface area contributed by atoms with Crippen molar-refractivity contribution in [3.05, 3.63) is 70.7 Å². The molecule has 0 spiro atoms. The topological polar surface area (TPSA) is 55.1 Å². The fraction of sp³-hybridized carbons (Fsp3) is 0.278. The normalized spacial score (nSPS) is 12.2. The fourth-order valence-electron chi connectivity index (χ4n) is 2.33. The number of amides is 1. The summed E-state index contributed by atoms with van der Waals surface area (Å²) in [5, 5.41) is 3.52. The number of benzene rings is 2. The molecule has 0 aromatic heterocycles. The van der Waals surface area contributed by atoms with Gasteiger partial charge in [-0.05, 0) is 31.0 Å². The van der Waals surface area contributed by atoms with Crippen molar-refractivity contribution in [3.63, 3.8) is 0 Å². The van der Waals surface area contributed by atoms with E-state index < -0.39 is 5.41 Å². The molecule has 2 rings (SSSR count). The number of hydrogen-bond acceptors (Lipinski definition) is 2. The SMILES string of the molecule is CC(C)(C(=O)NCC(N)c1ccccc1)c1ccccc1Cl.Cl. The minimum atomic E-state index is -0.714. The molecule has 124 valence electrons. The van der Waals surface area contributed by atoms with Gasteiger partial charge in [-0.15, -0.1) is 12.4 Å². The van der Waals surface area contributed by atoms with Crippen LogP contribution in [0.3, 0.4) is 0 Å². The minimum absolute atomic E-state index is 0. The van der Waals surface area contributed by atoms with Gasteiger partial charge in [0.1, 0.15) is 0 Å². The van der Waals surface area contributed by atoms with E-state index in [0.717, 1.165) is 11.1 Å². The predicted octanol–water partition coefficient (Wildman–Crippen LogP) is 3.86. The lowest BCUT2D eigenvalue weighted by molar-refractivity contribution is -0.125. The van der Waals surface area contributed by atoms with E-state index in [0.29, 0.717) is 11.6 Å². The molecule has 0 heterocycles. The van der Waals surface area contributed by atoms with Crippen LogP contribution in [0.15, 0.2) is 54.6 Å². The molecule has 5 heteroatoms. The van der Waals surface area contributed by atoms with Crippen molar-refractivity contribution in [2.45, 2.75) is 25.3 Å². The summed E-state index contributed by atoms with van der Waals surface area (Å²) in [7, 11) is 0. The lowest BCUT2D eigenvalue weighted by Crippen LogP contribution is -2.43. The third-order valence-corrected chi connectivity index (χ3v) is 4.15. The van der Waals surface area contributed by atoms with Crippen LogP contribution in [-0.4, -0.2) is 12.5 Å². The van der Waals surface area contributed by atoms with Crippen molar-refractivity contribution in [3.8, 4) is 0 Å². The Morgan fingerprint density at radius 1 is 1.13 bits per heavy atom. The zero-order valence-electron chi connectivity index (χ0n) is 13.3. The van der Waals surface area contributed by atoms with Crippen LogP contribution < -0.4 is 11.1 Å². The van der Waals surface area contributed by atoms with E-state index >= 15 is 0 Å². The Kier molecular flexibility index (Phi) is 7.07. The van der Waals surface area contributed by atoms with E-state index in [1.165, 1.54) is 0 Å². The van der Waals surface area contributed by atoms with Crippen LogP contribution in [0.1, 0.15) is 31.0 Å². The van der Waals surface area contributed by atoms with Gasteiger partial charge in [-0.25, -0.2) is 0 Å². The number of rotatable bonds is 5. The summed E-state index contributed by atoms with van der Waals surface area (Å²) < 4.78 is 0. The molecule has 0 fully saturated rings. The lowest BCUT2D eigenvalue weighted by Gasteiger charge is -2.26. The molecule has 2 aromatic carbocycles. The second kappa shape index (κ2) is 8.34. The third kappa shape index (κ3) is 4.71. The number of halogens is 2. The predicted molar refractivity (Wildman–Crippen MR) is 98.1 cm³/mol. The second-order valence-corrected chi connectivity index (χ2v) is 6.24. The van der Waals surface area contributed by atoms with Gasteiger partial charge >= 0.3 is 0 Å². The number of hydrogen-bond donors (Lipinski definition) is 2. The van der Waals surface area contributed by atoms with Gasteiger partial charge in [0.15, 0.2) is 0 Å². The second-order valence-electron chi connectivity index (χ2n) is 5.83. The van der Waals surface area contributed by atoms with Crippen molar-refractivity contribution >= 4 is 29.9 Å². The van der Waals surface area contributed by atoms with E-state index in [-0.39, 0.29) is 24.4 Å². The summed E-state index contributed by atoms with van der Waals surface area (Å²) >= 11 is 6.21. The Labute approximate surface area is 148 Å². The number of carbonyl (C=O) groups is 1. The van der Waals surface area contributed by atoms with Crippen LogP contribution >= 0.6 is 24.0 Å². The maximum atomic E-state index is 12.5. The summed E-state index contributed by atoms with van der Waals surface area (Å²) in [5.41, 5.74) is 7.21. The molecule has 0 aliphatic carbocycles. The quantitative estimate of drug-likeness (QED) is 0.858. The zero-order valence-corrected chi connectivity index (χ0v) is 14.8. The monoisotopic (exact) mass is 352 g/mol. The molecule has 0 saturated carbocycles. The van der Waals surface area contributed by atoms with Gasteiger partial charge in [0.05, 0.1) is 5.41 Å². The molecule has 0 aliphatic heterocycles. The summed E-state index contributed by atoms with van der Waals surface area (Å²) in [6.45, 7) is 4.10. The Balaban J connectivity index is 0.00000264. The van der Waals surface area contributed by atoms with Crippen molar-refractivity contribution in [1.82, 2.24) is 5.32 Å². The standard InChI is InChI=1S/C18H21ClN2O.ClH/c1-18(2,14-10-6-7-11-15(14)19)17(22)21-12-16(20)13-8-4-3-5-9-13;/h3-11,16H,12,20H2,1-2H3,(H,21,22);1H. The minimum Gasteiger partial charge on any atom is -0.353 e. The lowest BCUT2D eigenvalue weighted by atomic mass is 9.83. The molecule has 1 unspecified atom stereocenters. The Morgan fingerprint density at radius 2 is 1.70 bits per heavy atom. The van der Waals surface area contributed by atoms with Gasteiger partial charge in [-0.3, -0.25) is 4.79 Å². The first-order valence-corrected chi connectivity index (χ1v) is 7.64. The molecule has 2 aromatic rings. The van der Waals surface area contributed by atoms with Gasteiger partial charge in [0.25, 0.3) is 0 Å². The first-order valence-electron chi connectivity index (χ1n) is 7.26. The molecular weight excluding hydrogens is 331 g/mol. The van der Waals surface area contributed by atoms with E-state index in [2.05, 4.69) is 5.32 Å². The van der Waals surface area contributed by atoms with Gasteiger partial charge in [-0.2, -0.15) is 0 Å². The van der Waals surface area contributed by atoms with Crippen LogP contribution in [0.5, 0.6) is 0 Å². The molecule has 3 nitrogen and oxygen atoms in total. The first-order chi connectivity index (χ1) is 10.4. The highest BCUT2D eigenvalue weighted by Crippen LogP contribution is 2.29. The van der Waals surface area contributed by atoms with Gasteiger partial charge in [0, 0.05) is 17.6 Å². The van der Waals surface area contributed by atoms with Crippen LogP contribution in [0.2, 0.25) is 5.02 Å². The van der Waals surface area contributed by atoms with E-state index in [4.69, 9.17) is 17.3 Å². The van der Waals surface area contributed by atoms with Gasteiger partial charge in [-0.1, -0.05) is 60.1 Å². The van der Waals surface area contributed by atoms with Gasteiger partial charge in [0.2, 0.25) is 5.91 Å². The molecule has 0 aliphatic rings. The Hall–Kier alpha value is -1.55. The Morgan fingerprint density at radius 3 is 2.30 bits per heavy atom. The summed E-state index contributed by atoms with van der Waals surface area (Å²) in [4.78, 5) is 12.5. The maximum absolute atomic E-state index is 12.5. The third-order valence-electron chi connectivity index (χ3n) is 3.83. The summed E-state index contributed by atoms with van der Waals surface area (Å²) in [5.74, 6) is -0.0908. The highest BCUT2D eigenvalue weighted by Gasteiger charge is 2.31. The first kappa shape index (κ1) is 19.5. The molecule has 0 bridgehead atoms. The zero-order chi connectivity index (χ0) is 16.2. The molecule has 3 N–H and O–H groups in total. The van der Waals surface area contributed by atoms with Crippen LogP contribution in [0.25, 0.3) is 0 Å². The van der Waals surface area contributed by atoms with Crippen molar-refractivity contribution in [2.75, 3.05) is 6.54 Å². The smallest absolute Gasteiger partial charge is 0.230 e. The molecule has 0 saturated heterocycles. The van der Waals surface area contributed by atoms with E-state index in [1.807, 2.05) is 62.4 Å².